The van der Waals surface area contributed by atoms with Gasteiger partial charge in [-0.05, 0) is 20.8 Å². The predicted octanol–water partition coefficient (Wildman–Crippen LogP) is 2.44. The van der Waals surface area contributed by atoms with Crippen molar-refractivity contribution in [3.05, 3.63) is 17.9 Å². The maximum atomic E-state index is 12.9. The highest BCUT2D eigenvalue weighted by Gasteiger charge is 2.39. The van der Waals surface area contributed by atoms with E-state index in [-0.39, 0.29) is 5.03 Å². The van der Waals surface area contributed by atoms with E-state index in [1.807, 2.05) is 45.4 Å². The number of fused-ring (bicyclic) bond motifs is 1. The highest BCUT2D eigenvalue weighted by Crippen LogP contribution is 2.29. The summed E-state index contributed by atoms with van der Waals surface area (Å²) in [4.78, 5) is 4.78. The average Bonchev–Trinajstić information content (AvgIpc) is 2.71. The summed E-state index contributed by atoms with van der Waals surface area (Å²) in [5.41, 5.74) is -0.441. The van der Waals surface area contributed by atoms with Crippen LogP contribution in [0.4, 0.5) is 0 Å². The summed E-state index contributed by atoms with van der Waals surface area (Å²) in [5, 5.41) is 2.03. The van der Waals surface area contributed by atoms with Crippen molar-refractivity contribution in [2.24, 2.45) is 0 Å². The summed E-state index contributed by atoms with van der Waals surface area (Å²) in [5.74, 6) is 0. The Morgan fingerprint density at radius 1 is 1.37 bits per heavy atom. The number of thiazole rings is 1. The first-order valence-corrected chi connectivity index (χ1v) is 10.7. The Morgan fingerprint density at radius 3 is 2.53 bits per heavy atom. The molecule has 0 amide bonds. The van der Waals surface area contributed by atoms with Gasteiger partial charge in [0.1, 0.15) is 20.1 Å². The third kappa shape index (κ3) is 2.49. The number of hydrogen-bond donors (Lipinski definition) is 0. The Balaban J connectivity index is 2.62. The molecule has 2 aromatic rings. The van der Waals surface area contributed by atoms with Gasteiger partial charge in [0.15, 0.2) is 0 Å². The molecule has 1 radical (unpaired) electrons. The molecule has 0 spiro atoms. The van der Waals surface area contributed by atoms with Gasteiger partial charge in [-0.3, -0.25) is 4.40 Å². The molecule has 0 fully saturated rings. The fraction of sp³-hybridized carbons (Fsp3) is 0.545. The van der Waals surface area contributed by atoms with Gasteiger partial charge in [-0.1, -0.05) is 13.1 Å². The monoisotopic (exact) mass is 316 g/mol. The van der Waals surface area contributed by atoms with Crippen molar-refractivity contribution >= 4 is 35.1 Å². The molecule has 0 aliphatic rings. The molecule has 105 valence electrons. The lowest BCUT2D eigenvalue weighted by Crippen LogP contribution is -2.51. The standard InChI is InChI=1S/C11H18N3O2S2Si/c1-11(2,3)14(19(4)5)18(15,16)9-10-13(8-12-9)6-7-17-10/h6-8H,1-5H3. The molecule has 19 heavy (non-hydrogen) atoms. The van der Waals surface area contributed by atoms with Crippen molar-refractivity contribution in [1.29, 1.82) is 0 Å². The minimum atomic E-state index is -3.55. The third-order valence-corrected chi connectivity index (χ3v) is 8.75. The van der Waals surface area contributed by atoms with Gasteiger partial charge >= 0.3 is 0 Å². The van der Waals surface area contributed by atoms with Gasteiger partial charge in [0, 0.05) is 17.1 Å². The first-order valence-electron chi connectivity index (χ1n) is 5.91. The second-order valence-electron chi connectivity index (χ2n) is 5.55. The quantitative estimate of drug-likeness (QED) is 0.817. The van der Waals surface area contributed by atoms with Crippen molar-refractivity contribution in [2.75, 3.05) is 0 Å². The first-order chi connectivity index (χ1) is 8.65. The molecule has 2 aromatic heterocycles. The molecule has 0 bridgehead atoms. The third-order valence-electron chi connectivity index (χ3n) is 2.62. The van der Waals surface area contributed by atoms with Gasteiger partial charge in [-0.2, -0.15) is 0 Å². The van der Waals surface area contributed by atoms with Crippen molar-refractivity contribution in [2.45, 2.75) is 44.4 Å². The summed E-state index contributed by atoms with van der Waals surface area (Å²) in [7, 11) is -4.72. The number of nitrogens with zero attached hydrogens (tertiary/aromatic N) is 3. The normalized spacial score (nSPS) is 13.8. The van der Waals surface area contributed by atoms with Crippen molar-refractivity contribution in [3.8, 4) is 0 Å². The molecular formula is C11H18N3O2S2Si. The molecule has 0 unspecified atom stereocenters. The Hall–Kier alpha value is -0.703. The number of sulfonamides is 1. The molecule has 2 heterocycles. The smallest absolute Gasteiger partial charge is 0.257 e. The van der Waals surface area contributed by atoms with Crippen LogP contribution >= 0.6 is 11.3 Å². The van der Waals surface area contributed by atoms with E-state index >= 15 is 0 Å². The van der Waals surface area contributed by atoms with Crippen LogP contribution in [0.5, 0.6) is 0 Å². The number of imidazole rings is 1. The second kappa shape index (κ2) is 4.69. The van der Waals surface area contributed by atoms with Gasteiger partial charge in [-0.15, -0.1) is 11.3 Å². The molecule has 0 aliphatic heterocycles. The summed E-state index contributed by atoms with van der Waals surface area (Å²) in [6.07, 6.45) is 3.37. The summed E-state index contributed by atoms with van der Waals surface area (Å²) in [6.45, 7) is 9.72. The van der Waals surface area contributed by atoms with E-state index < -0.39 is 24.5 Å². The van der Waals surface area contributed by atoms with Crippen LogP contribution in [0.15, 0.2) is 22.9 Å². The Bertz CT molecular complexity index is 682. The molecule has 0 atom stereocenters. The zero-order chi connectivity index (χ0) is 14.4. The van der Waals surface area contributed by atoms with E-state index in [1.54, 1.807) is 14.7 Å². The fourth-order valence-corrected chi connectivity index (χ4v) is 8.33. The van der Waals surface area contributed by atoms with Crippen LogP contribution in [0.1, 0.15) is 20.8 Å². The predicted molar refractivity (Wildman–Crippen MR) is 79.3 cm³/mol. The van der Waals surface area contributed by atoms with Crippen LogP contribution in [-0.4, -0.2) is 36.3 Å². The average molecular weight is 317 g/mol. The minimum Gasteiger partial charge on any atom is -0.296 e. The Morgan fingerprint density at radius 2 is 2.00 bits per heavy atom. The van der Waals surface area contributed by atoms with Crippen LogP contribution in [-0.2, 0) is 10.0 Å². The highest BCUT2D eigenvalue weighted by atomic mass is 32.2. The lowest BCUT2D eigenvalue weighted by atomic mass is 10.1. The summed E-state index contributed by atoms with van der Waals surface area (Å²) in [6, 6.07) is 0. The largest absolute Gasteiger partial charge is 0.296 e. The SMILES string of the molecule is C[Si](C)N(C(C)(C)C)S(=O)(=O)c1ncn2ccsc12. The Labute approximate surface area is 119 Å². The van der Waals surface area contributed by atoms with Crippen LogP contribution < -0.4 is 0 Å². The number of hydrogen-bond acceptors (Lipinski definition) is 4. The van der Waals surface area contributed by atoms with Crippen molar-refractivity contribution < 1.29 is 8.42 Å². The maximum Gasteiger partial charge on any atom is 0.257 e. The van der Waals surface area contributed by atoms with Gasteiger partial charge in [0.05, 0.1) is 0 Å². The molecule has 0 aromatic carbocycles. The summed E-state index contributed by atoms with van der Waals surface area (Å²) < 4.78 is 29.1. The maximum absolute atomic E-state index is 12.9. The molecule has 5 nitrogen and oxygen atoms in total. The van der Waals surface area contributed by atoms with E-state index in [2.05, 4.69) is 4.98 Å². The van der Waals surface area contributed by atoms with E-state index in [0.29, 0.717) is 4.83 Å². The fourth-order valence-electron chi connectivity index (χ4n) is 2.25. The molecule has 0 aliphatic carbocycles. The molecule has 8 heteroatoms. The first kappa shape index (κ1) is 14.7. The van der Waals surface area contributed by atoms with Crippen LogP contribution in [0, 0.1) is 0 Å². The lowest BCUT2D eigenvalue weighted by molar-refractivity contribution is 0.356. The van der Waals surface area contributed by atoms with Crippen LogP contribution in [0.25, 0.3) is 4.83 Å². The molecular weight excluding hydrogens is 298 g/mol. The van der Waals surface area contributed by atoms with Gasteiger partial charge < -0.3 is 0 Å². The topological polar surface area (TPSA) is 54.7 Å². The van der Waals surface area contributed by atoms with Crippen LogP contribution in [0.2, 0.25) is 13.1 Å². The van der Waals surface area contributed by atoms with Gasteiger partial charge in [-0.25, -0.2) is 17.4 Å². The Kier molecular flexibility index (Phi) is 3.63. The van der Waals surface area contributed by atoms with Crippen LogP contribution in [0.3, 0.4) is 0 Å². The second-order valence-corrected chi connectivity index (χ2v) is 10.8. The molecule has 0 saturated heterocycles. The van der Waals surface area contributed by atoms with Crippen molar-refractivity contribution in [3.63, 3.8) is 0 Å². The van der Waals surface area contributed by atoms with E-state index in [4.69, 9.17) is 0 Å². The zero-order valence-electron chi connectivity index (χ0n) is 11.7. The minimum absolute atomic E-state index is 0.170. The molecule has 2 rings (SSSR count). The summed E-state index contributed by atoms with van der Waals surface area (Å²) >= 11 is 1.39. The van der Waals surface area contributed by atoms with E-state index in [0.717, 1.165) is 0 Å². The molecule has 0 saturated carbocycles. The van der Waals surface area contributed by atoms with Crippen molar-refractivity contribution in [1.82, 2.24) is 13.4 Å². The molecule has 0 N–H and O–H groups in total. The van der Waals surface area contributed by atoms with Gasteiger partial charge in [0.2, 0.25) is 5.03 Å². The highest BCUT2D eigenvalue weighted by molar-refractivity contribution is 7.90. The zero-order valence-corrected chi connectivity index (χ0v) is 14.3. The lowest BCUT2D eigenvalue weighted by Gasteiger charge is -2.36. The van der Waals surface area contributed by atoms with Gasteiger partial charge in [0.25, 0.3) is 10.0 Å². The number of aromatic nitrogens is 2. The van der Waals surface area contributed by atoms with E-state index in [9.17, 15) is 8.42 Å². The van der Waals surface area contributed by atoms with E-state index in [1.165, 1.54) is 11.3 Å². The number of rotatable bonds is 3.